The number of carbonyl (C=O) groups excluding carboxylic acids is 1. The molecule has 0 bridgehead atoms. The summed E-state index contributed by atoms with van der Waals surface area (Å²) in [7, 11) is 0. The molecule has 98 valence electrons. The van der Waals surface area contributed by atoms with Gasteiger partial charge in [-0.2, -0.15) is 0 Å². The van der Waals surface area contributed by atoms with E-state index in [1.54, 1.807) is 0 Å². The van der Waals surface area contributed by atoms with Gasteiger partial charge in [0.05, 0.1) is 0 Å². The fourth-order valence-electron chi connectivity index (χ4n) is 2.64. The largest absolute Gasteiger partial charge is 0.338 e. The molecule has 1 aliphatic heterocycles. The zero-order valence-corrected chi connectivity index (χ0v) is 11.7. The quantitative estimate of drug-likeness (QED) is 0.748. The molecular weight excluding hydrogens is 246 g/mol. The SMILES string of the molecule is CC1CCN(C(=O)C(Cl)c2ccccc2)C(C)C1. The number of hydrogen-bond acceptors (Lipinski definition) is 1. The van der Waals surface area contributed by atoms with Gasteiger partial charge in [0.25, 0.3) is 0 Å². The third kappa shape index (κ3) is 2.86. The lowest BCUT2D eigenvalue weighted by Crippen LogP contribution is -2.45. The van der Waals surface area contributed by atoms with Crippen molar-refractivity contribution in [2.45, 2.75) is 38.1 Å². The predicted octanol–water partition coefficient (Wildman–Crippen LogP) is 3.61. The summed E-state index contributed by atoms with van der Waals surface area (Å²) in [5.74, 6) is 0.747. The molecule has 0 radical (unpaired) electrons. The van der Waals surface area contributed by atoms with Crippen LogP contribution in [0.4, 0.5) is 0 Å². The van der Waals surface area contributed by atoms with Crippen molar-refractivity contribution in [2.75, 3.05) is 6.54 Å². The lowest BCUT2D eigenvalue weighted by atomic mass is 9.93. The highest BCUT2D eigenvalue weighted by Gasteiger charge is 2.30. The zero-order valence-electron chi connectivity index (χ0n) is 11.0. The van der Waals surface area contributed by atoms with E-state index in [4.69, 9.17) is 11.6 Å². The van der Waals surface area contributed by atoms with Gasteiger partial charge in [0.1, 0.15) is 5.38 Å². The molecule has 3 heteroatoms. The van der Waals surface area contributed by atoms with Gasteiger partial charge >= 0.3 is 0 Å². The van der Waals surface area contributed by atoms with Crippen LogP contribution >= 0.6 is 11.6 Å². The second kappa shape index (κ2) is 5.75. The maximum Gasteiger partial charge on any atom is 0.245 e. The van der Waals surface area contributed by atoms with Crippen LogP contribution < -0.4 is 0 Å². The van der Waals surface area contributed by atoms with Crippen molar-refractivity contribution < 1.29 is 4.79 Å². The standard InChI is InChI=1S/C15H20ClNO/c1-11-8-9-17(12(2)10-11)15(18)14(16)13-6-4-3-5-7-13/h3-7,11-12,14H,8-10H2,1-2H3. The molecule has 1 aliphatic rings. The molecule has 1 amide bonds. The van der Waals surface area contributed by atoms with E-state index < -0.39 is 5.38 Å². The summed E-state index contributed by atoms with van der Waals surface area (Å²) in [5.41, 5.74) is 0.884. The molecule has 1 aromatic rings. The number of hydrogen-bond donors (Lipinski definition) is 0. The number of amides is 1. The molecule has 0 spiro atoms. The van der Waals surface area contributed by atoms with E-state index in [0.29, 0.717) is 12.0 Å². The Balaban J connectivity index is 2.07. The first-order valence-corrected chi connectivity index (χ1v) is 7.02. The molecule has 1 heterocycles. The van der Waals surface area contributed by atoms with Crippen LogP contribution in [-0.2, 0) is 4.79 Å². The second-order valence-corrected chi connectivity index (χ2v) is 5.72. The summed E-state index contributed by atoms with van der Waals surface area (Å²) in [6.07, 6.45) is 2.15. The van der Waals surface area contributed by atoms with Gasteiger partial charge in [-0.25, -0.2) is 0 Å². The molecule has 1 aromatic carbocycles. The molecule has 2 nitrogen and oxygen atoms in total. The molecule has 0 aliphatic carbocycles. The Hall–Kier alpha value is -1.02. The first-order chi connectivity index (χ1) is 8.59. The summed E-state index contributed by atoms with van der Waals surface area (Å²) < 4.78 is 0. The van der Waals surface area contributed by atoms with Gasteiger partial charge in [-0.3, -0.25) is 4.79 Å². The van der Waals surface area contributed by atoms with Crippen molar-refractivity contribution in [1.82, 2.24) is 4.90 Å². The number of halogens is 1. The van der Waals surface area contributed by atoms with E-state index >= 15 is 0 Å². The van der Waals surface area contributed by atoms with Gasteiger partial charge in [-0.15, -0.1) is 11.6 Å². The Kier molecular flexibility index (Phi) is 4.28. The summed E-state index contributed by atoms with van der Waals surface area (Å²) >= 11 is 6.30. The number of benzene rings is 1. The van der Waals surface area contributed by atoms with Crippen molar-refractivity contribution in [3.8, 4) is 0 Å². The van der Waals surface area contributed by atoms with Gasteiger partial charge in [0, 0.05) is 12.6 Å². The van der Waals surface area contributed by atoms with E-state index in [-0.39, 0.29) is 5.91 Å². The monoisotopic (exact) mass is 265 g/mol. The molecule has 0 saturated carbocycles. The molecule has 1 saturated heterocycles. The van der Waals surface area contributed by atoms with Crippen LogP contribution in [-0.4, -0.2) is 23.4 Å². The van der Waals surface area contributed by atoms with Crippen molar-refractivity contribution >= 4 is 17.5 Å². The highest BCUT2D eigenvalue weighted by Crippen LogP contribution is 2.28. The number of carbonyl (C=O) groups is 1. The third-order valence-corrected chi connectivity index (χ3v) is 4.17. The van der Waals surface area contributed by atoms with E-state index in [9.17, 15) is 4.79 Å². The Bertz CT molecular complexity index is 406. The van der Waals surface area contributed by atoms with Crippen molar-refractivity contribution in [2.24, 2.45) is 5.92 Å². The average molecular weight is 266 g/mol. The minimum atomic E-state index is -0.554. The van der Waals surface area contributed by atoms with Crippen LogP contribution in [0.3, 0.4) is 0 Å². The Morgan fingerprint density at radius 3 is 2.61 bits per heavy atom. The third-order valence-electron chi connectivity index (χ3n) is 3.73. The Morgan fingerprint density at radius 2 is 2.00 bits per heavy atom. The predicted molar refractivity (Wildman–Crippen MR) is 74.6 cm³/mol. The van der Waals surface area contributed by atoms with Crippen LogP contribution in [0.15, 0.2) is 30.3 Å². The smallest absolute Gasteiger partial charge is 0.245 e. The van der Waals surface area contributed by atoms with Crippen LogP contribution in [0.25, 0.3) is 0 Å². The van der Waals surface area contributed by atoms with Gasteiger partial charge in [-0.1, -0.05) is 37.3 Å². The molecule has 18 heavy (non-hydrogen) atoms. The lowest BCUT2D eigenvalue weighted by molar-refractivity contribution is -0.134. The van der Waals surface area contributed by atoms with Crippen LogP contribution in [0, 0.1) is 5.92 Å². The maximum absolute atomic E-state index is 12.4. The molecular formula is C15H20ClNO. The number of nitrogens with zero attached hydrogens (tertiary/aromatic N) is 1. The summed E-state index contributed by atoms with van der Waals surface area (Å²) in [5, 5.41) is -0.554. The van der Waals surface area contributed by atoms with Gasteiger partial charge < -0.3 is 4.90 Å². The first kappa shape index (κ1) is 13.4. The Morgan fingerprint density at radius 1 is 1.33 bits per heavy atom. The molecule has 0 aromatic heterocycles. The minimum Gasteiger partial charge on any atom is -0.338 e. The van der Waals surface area contributed by atoms with E-state index in [2.05, 4.69) is 13.8 Å². The van der Waals surface area contributed by atoms with E-state index in [0.717, 1.165) is 24.9 Å². The second-order valence-electron chi connectivity index (χ2n) is 5.28. The number of rotatable bonds is 2. The molecule has 1 fully saturated rings. The lowest BCUT2D eigenvalue weighted by Gasteiger charge is -2.37. The van der Waals surface area contributed by atoms with Crippen LogP contribution in [0.5, 0.6) is 0 Å². The molecule has 3 unspecified atom stereocenters. The van der Waals surface area contributed by atoms with Crippen molar-refractivity contribution in [3.05, 3.63) is 35.9 Å². The van der Waals surface area contributed by atoms with E-state index in [1.807, 2.05) is 35.2 Å². The van der Waals surface area contributed by atoms with Crippen molar-refractivity contribution in [3.63, 3.8) is 0 Å². The topological polar surface area (TPSA) is 20.3 Å². The maximum atomic E-state index is 12.4. The minimum absolute atomic E-state index is 0.0438. The normalized spacial score (nSPS) is 25.8. The fraction of sp³-hybridized carbons (Fsp3) is 0.533. The summed E-state index contributed by atoms with van der Waals surface area (Å²) in [4.78, 5) is 14.3. The van der Waals surface area contributed by atoms with Crippen LogP contribution in [0.1, 0.15) is 37.6 Å². The summed E-state index contributed by atoms with van der Waals surface area (Å²) in [6.45, 7) is 5.19. The zero-order chi connectivity index (χ0) is 13.1. The highest BCUT2D eigenvalue weighted by molar-refractivity contribution is 6.30. The average Bonchev–Trinajstić information content (AvgIpc) is 2.38. The molecule has 3 atom stereocenters. The number of likely N-dealkylation sites (tertiary alicyclic amines) is 1. The molecule has 2 rings (SSSR count). The van der Waals surface area contributed by atoms with E-state index in [1.165, 1.54) is 0 Å². The highest BCUT2D eigenvalue weighted by atomic mass is 35.5. The van der Waals surface area contributed by atoms with Gasteiger partial charge in [-0.05, 0) is 31.2 Å². The molecule has 0 N–H and O–H groups in total. The first-order valence-electron chi connectivity index (χ1n) is 6.59. The summed E-state index contributed by atoms with van der Waals surface area (Å²) in [6, 6.07) is 9.88. The number of alkyl halides is 1. The Labute approximate surface area is 114 Å². The van der Waals surface area contributed by atoms with Gasteiger partial charge in [0.15, 0.2) is 0 Å². The van der Waals surface area contributed by atoms with Gasteiger partial charge in [0.2, 0.25) is 5.91 Å². The number of piperidine rings is 1. The van der Waals surface area contributed by atoms with Crippen molar-refractivity contribution in [1.29, 1.82) is 0 Å². The fourth-order valence-corrected chi connectivity index (χ4v) is 2.92. The van der Waals surface area contributed by atoms with Crippen LogP contribution in [0.2, 0.25) is 0 Å².